The highest BCUT2D eigenvalue weighted by atomic mass is 19.1. The molecule has 24 heavy (non-hydrogen) atoms. The molecule has 2 unspecified atom stereocenters. The number of carbonyl (C=O) groups is 1. The largest absolute Gasteiger partial charge is 0.444 e. The molecular weight excluding hydrogens is 325 g/mol. The van der Waals surface area contributed by atoms with Crippen LogP contribution < -0.4 is 11.0 Å². The van der Waals surface area contributed by atoms with Gasteiger partial charge in [0, 0.05) is 6.20 Å². The molecule has 0 radical (unpaired) electrons. The number of rotatable bonds is 3. The number of anilines is 1. The topological polar surface area (TPSA) is 123 Å². The Morgan fingerprint density at radius 3 is 2.71 bits per heavy atom. The van der Waals surface area contributed by atoms with Crippen LogP contribution in [0.1, 0.15) is 27.0 Å². The molecule has 2 heterocycles. The molecule has 0 aliphatic carbocycles. The van der Waals surface area contributed by atoms with Gasteiger partial charge in [-0.15, -0.1) is 0 Å². The van der Waals surface area contributed by atoms with E-state index in [0.717, 1.165) is 4.57 Å². The molecule has 1 fully saturated rings. The highest BCUT2D eigenvalue weighted by Gasteiger charge is 2.45. The van der Waals surface area contributed by atoms with Crippen molar-refractivity contribution in [1.29, 1.82) is 0 Å². The minimum absolute atomic E-state index is 0.0711. The van der Waals surface area contributed by atoms with E-state index in [2.05, 4.69) is 10.3 Å². The van der Waals surface area contributed by atoms with Gasteiger partial charge in [-0.1, -0.05) is 0 Å². The summed E-state index contributed by atoms with van der Waals surface area (Å²) in [5.41, 5.74) is -1.60. The monoisotopic (exact) mass is 345 g/mol. The first-order valence-corrected chi connectivity index (χ1v) is 7.30. The molecular formula is C14H20FN3O6. The number of carbonyl (C=O) groups excluding carboxylic acids is 1. The molecule has 10 heteroatoms. The number of nitrogens with one attached hydrogen (secondary N) is 1. The van der Waals surface area contributed by atoms with E-state index in [4.69, 9.17) is 14.6 Å². The molecule has 3 N–H and O–H groups in total. The van der Waals surface area contributed by atoms with Gasteiger partial charge in [0.1, 0.15) is 23.6 Å². The van der Waals surface area contributed by atoms with Crippen LogP contribution in [0.5, 0.6) is 0 Å². The van der Waals surface area contributed by atoms with Crippen LogP contribution >= 0.6 is 0 Å². The normalized spacial score (nSPS) is 27.1. The first kappa shape index (κ1) is 18.3. The molecule has 1 aromatic heterocycles. The van der Waals surface area contributed by atoms with Crippen molar-refractivity contribution in [3.05, 3.63) is 22.7 Å². The Bertz CT molecular complexity index is 659. The second-order valence-corrected chi connectivity index (χ2v) is 6.31. The summed E-state index contributed by atoms with van der Waals surface area (Å²) in [4.78, 5) is 27.2. The molecule has 4 atom stereocenters. The number of amides is 1. The second-order valence-electron chi connectivity index (χ2n) is 6.31. The van der Waals surface area contributed by atoms with E-state index in [1.54, 1.807) is 20.8 Å². The van der Waals surface area contributed by atoms with Crippen LogP contribution in [0.4, 0.5) is 15.0 Å². The van der Waals surface area contributed by atoms with Crippen LogP contribution in [0.3, 0.4) is 0 Å². The van der Waals surface area contributed by atoms with E-state index in [0.29, 0.717) is 0 Å². The summed E-state index contributed by atoms with van der Waals surface area (Å²) >= 11 is 0. The predicted octanol–water partition coefficient (Wildman–Crippen LogP) is 0.179. The Morgan fingerprint density at radius 1 is 1.54 bits per heavy atom. The van der Waals surface area contributed by atoms with Gasteiger partial charge < -0.3 is 19.7 Å². The molecule has 1 aliphatic rings. The van der Waals surface area contributed by atoms with Crippen molar-refractivity contribution >= 4 is 11.9 Å². The Kier molecular flexibility index (Phi) is 5.21. The summed E-state index contributed by atoms with van der Waals surface area (Å²) in [7, 11) is 0. The van der Waals surface area contributed by atoms with Crippen molar-refractivity contribution < 1.29 is 28.9 Å². The summed E-state index contributed by atoms with van der Waals surface area (Å²) in [5, 5.41) is 20.9. The molecule has 1 aromatic rings. The lowest BCUT2D eigenvalue weighted by Gasteiger charge is -2.19. The third-order valence-electron chi connectivity index (χ3n) is 3.21. The van der Waals surface area contributed by atoms with Crippen molar-refractivity contribution in [1.82, 2.24) is 9.55 Å². The van der Waals surface area contributed by atoms with Crippen molar-refractivity contribution in [3.63, 3.8) is 0 Å². The molecule has 0 bridgehead atoms. The van der Waals surface area contributed by atoms with Crippen LogP contribution in [0.2, 0.25) is 0 Å². The summed E-state index contributed by atoms with van der Waals surface area (Å²) < 4.78 is 25.0. The Morgan fingerprint density at radius 2 is 2.21 bits per heavy atom. The van der Waals surface area contributed by atoms with Gasteiger partial charge in [-0.05, 0) is 26.8 Å². The van der Waals surface area contributed by atoms with Crippen LogP contribution in [-0.2, 0) is 9.47 Å². The van der Waals surface area contributed by atoms with Gasteiger partial charge in [0.15, 0.2) is 12.4 Å². The maximum absolute atomic E-state index is 14.0. The second kappa shape index (κ2) is 6.83. The fraction of sp³-hybridized carbons (Fsp3) is 0.643. The smallest absolute Gasteiger partial charge is 0.413 e. The van der Waals surface area contributed by atoms with Crippen LogP contribution in [-0.4, -0.2) is 56.4 Å². The lowest BCUT2D eigenvalue weighted by Crippen LogP contribution is -2.34. The minimum Gasteiger partial charge on any atom is -0.444 e. The average molecular weight is 345 g/mol. The van der Waals surface area contributed by atoms with Gasteiger partial charge in [-0.25, -0.2) is 14.0 Å². The number of aliphatic hydroxyl groups excluding tert-OH is 2. The maximum Gasteiger partial charge on any atom is 0.413 e. The fourth-order valence-corrected chi connectivity index (χ4v) is 2.16. The van der Waals surface area contributed by atoms with Crippen molar-refractivity contribution in [2.45, 2.75) is 51.0 Å². The number of aromatic nitrogens is 2. The van der Waals surface area contributed by atoms with Crippen molar-refractivity contribution in [2.24, 2.45) is 0 Å². The maximum atomic E-state index is 14.0. The zero-order valence-corrected chi connectivity index (χ0v) is 13.5. The van der Waals surface area contributed by atoms with E-state index in [1.807, 2.05) is 0 Å². The zero-order chi connectivity index (χ0) is 18.1. The molecule has 1 aliphatic heterocycles. The Hall–Kier alpha value is -2.04. The lowest BCUT2D eigenvalue weighted by molar-refractivity contribution is -0.0491. The van der Waals surface area contributed by atoms with E-state index in [9.17, 15) is 19.1 Å². The quantitative estimate of drug-likeness (QED) is 0.714. The number of ether oxygens (including phenoxy) is 2. The summed E-state index contributed by atoms with van der Waals surface area (Å²) in [6.07, 6.45) is -5.60. The first-order valence-electron chi connectivity index (χ1n) is 7.30. The van der Waals surface area contributed by atoms with Gasteiger partial charge >= 0.3 is 11.8 Å². The lowest BCUT2D eigenvalue weighted by atomic mass is 10.1. The number of hydrogen-bond acceptors (Lipinski definition) is 7. The molecule has 1 saturated heterocycles. The van der Waals surface area contributed by atoms with Crippen molar-refractivity contribution in [2.75, 3.05) is 11.9 Å². The zero-order valence-electron chi connectivity index (χ0n) is 13.5. The predicted molar refractivity (Wildman–Crippen MR) is 80.3 cm³/mol. The van der Waals surface area contributed by atoms with Gasteiger partial charge in [0.2, 0.25) is 0 Å². The van der Waals surface area contributed by atoms with Gasteiger partial charge in [0.25, 0.3) is 0 Å². The standard InChI is InChI=1S/C14H20FN3O6/c1-14(2,3)24-13(22)17-8-4-5-18(12(21)16-8)11-9(15)10(20)7(6-19)23-11/h4-5,7,9-11,19-20H,6H2,1-3H3,(H,16,17,21,22)/t7-,9?,10?,11-/m1/s1. The van der Waals surface area contributed by atoms with E-state index in [-0.39, 0.29) is 5.82 Å². The number of nitrogens with zero attached hydrogens (tertiary/aromatic N) is 2. The van der Waals surface area contributed by atoms with Gasteiger partial charge in [-0.3, -0.25) is 9.88 Å². The molecule has 0 saturated carbocycles. The highest BCUT2D eigenvalue weighted by Crippen LogP contribution is 2.30. The van der Waals surface area contributed by atoms with Crippen molar-refractivity contribution in [3.8, 4) is 0 Å². The van der Waals surface area contributed by atoms with E-state index < -0.39 is 48.6 Å². The van der Waals surface area contributed by atoms with Crippen LogP contribution in [0.25, 0.3) is 0 Å². The molecule has 0 spiro atoms. The molecule has 0 aromatic carbocycles. The third kappa shape index (κ3) is 4.08. The summed E-state index contributed by atoms with van der Waals surface area (Å²) in [5.74, 6) is -0.0711. The molecule has 9 nitrogen and oxygen atoms in total. The highest BCUT2D eigenvalue weighted by molar-refractivity contribution is 5.83. The average Bonchev–Trinajstić information content (AvgIpc) is 2.73. The SMILES string of the molecule is CC(C)(C)OC(=O)Nc1ccn([C@@H]2O[C@H](CO)C(O)C2F)c(=O)n1. The minimum atomic E-state index is -1.90. The molecule has 2 rings (SSSR count). The molecule has 1 amide bonds. The number of aliphatic hydroxyl groups is 2. The van der Waals surface area contributed by atoms with Gasteiger partial charge in [0.05, 0.1) is 6.61 Å². The summed E-state index contributed by atoms with van der Waals surface area (Å²) in [6, 6.07) is 1.26. The summed E-state index contributed by atoms with van der Waals surface area (Å²) in [6.45, 7) is 4.46. The first-order chi connectivity index (χ1) is 11.1. The Labute approximate surface area is 137 Å². The van der Waals surface area contributed by atoms with E-state index in [1.165, 1.54) is 12.3 Å². The number of hydrogen-bond donors (Lipinski definition) is 3. The third-order valence-corrected chi connectivity index (χ3v) is 3.21. The van der Waals surface area contributed by atoms with Crippen LogP contribution in [0, 0.1) is 0 Å². The van der Waals surface area contributed by atoms with Gasteiger partial charge in [-0.2, -0.15) is 4.98 Å². The number of alkyl halides is 1. The fourth-order valence-electron chi connectivity index (χ4n) is 2.16. The van der Waals surface area contributed by atoms with Crippen LogP contribution in [0.15, 0.2) is 17.1 Å². The van der Waals surface area contributed by atoms with E-state index >= 15 is 0 Å². The molecule has 134 valence electrons. The number of halogens is 1. The Balaban J connectivity index is 2.13.